The quantitative estimate of drug-likeness (QED) is 0.549. The Labute approximate surface area is 157 Å². The van der Waals surface area contributed by atoms with Crippen LogP contribution in [0.25, 0.3) is 0 Å². The number of hydrogen-bond donors (Lipinski definition) is 2. The molecule has 0 saturated carbocycles. The highest BCUT2D eigenvalue weighted by Crippen LogP contribution is 2.16. The summed E-state index contributed by atoms with van der Waals surface area (Å²) in [5, 5.41) is 16.3. The number of carbonyl (C=O) groups is 2. The molecule has 0 unspecified atom stereocenters. The first-order valence-corrected chi connectivity index (χ1v) is 8.50. The number of nitro benzene ring substituents is 1. The summed E-state index contributed by atoms with van der Waals surface area (Å²) in [5.74, 6) is -0.346. The van der Waals surface area contributed by atoms with E-state index in [1.165, 1.54) is 19.1 Å². The fraction of sp³-hybridized carbons (Fsp3) is 0.263. The summed E-state index contributed by atoms with van der Waals surface area (Å²) < 4.78 is 0. The van der Waals surface area contributed by atoms with Crippen molar-refractivity contribution >= 4 is 28.9 Å². The van der Waals surface area contributed by atoms with Crippen molar-refractivity contribution in [2.45, 2.75) is 20.4 Å². The van der Waals surface area contributed by atoms with E-state index >= 15 is 0 Å². The molecule has 0 atom stereocenters. The SMILES string of the molecule is CCN(CC(=O)Nc1ccc(NC(C)=O)cc1)Cc1cccc([N+](=O)[O-])c1. The molecule has 0 radical (unpaired) electrons. The van der Waals surface area contributed by atoms with Gasteiger partial charge >= 0.3 is 0 Å². The van der Waals surface area contributed by atoms with E-state index in [1.807, 2.05) is 11.8 Å². The molecule has 27 heavy (non-hydrogen) atoms. The average molecular weight is 370 g/mol. The minimum absolute atomic E-state index is 0.0345. The molecule has 2 aromatic rings. The van der Waals surface area contributed by atoms with Crippen molar-refractivity contribution in [2.75, 3.05) is 23.7 Å². The maximum Gasteiger partial charge on any atom is 0.269 e. The summed E-state index contributed by atoms with van der Waals surface area (Å²) in [4.78, 5) is 35.6. The Bertz CT molecular complexity index is 821. The van der Waals surface area contributed by atoms with E-state index < -0.39 is 4.92 Å². The number of anilines is 2. The number of carbonyl (C=O) groups excluding carboxylic acids is 2. The Morgan fingerprint density at radius 1 is 1.07 bits per heavy atom. The predicted molar refractivity (Wildman–Crippen MR) is 103 cm³/mol. The third-order valence-corrected chi connectivity index (χ3v) is 3.83. The van der Waals surface area contributed by atoms with Gasteiger partial charge in [0.05, 0.1) is 11.5 Å². The lowest BCUT2D eigenvalue weighted by molar-refractivity contribution is -0.384. The first-order valence-electron chi connectivity index (χ1n) is 8.50. The minimum Gasteiger partial charge on any atom is -0.326 e. The van der Waals surface area contributed by atoms with Crippen LogP contribution in [0.4, 0.5) is 17.1 Å². The molecule has 2 amide bonds. The second-order valence-electron chi connectivity index (χ2n) is 6.04. The number of nitrogens with zero attached hydrogens (tertiary/aromatic N) is 2. The van der Waals surface area contributed by atoms with Crippen molar-refractivity contribution in [2.24, 2.45) is 0 Å². The summed E-state index contributed by atoms with van der Waals surface area (Å²) in [6.07, 6.45) is 0. The maximum absolute atomic E-state index is 12.3. The summed E-state index contributed by atoms with van der Waals surface area (Å²) in [6, 6.07) is 13.2. The molecule has 0 bridgehead atoms. The Balaban J connectivity index is 1.93. The molecule has 142 valence electrons. The summed E-state index contributed by atoms with van der Waals surface area (Å²) in [7, 11) is 0. The highest BCUT2D eigenvalue weighted by molar-refractivity contribution is 5.93. The first-order chi connectivity index (χ1) is 12.9. The van der Waals surface area contributed by atoms with Gasteiger partial charge in [-0.05, 0) is 36.4 Å². The third kappa shape index (κ3) is 6.52. The van der Waals surface area contributed by atoms with Gasteiger partial charge in [-0.1, -0.05) is 19.1 Å². The van der Waals surface area contributed by atoms with Crippen molar-refractivity contribution in [3.63, 3.8) is 0 Å². The zero-order chi connectivity index (χ0) is 19.8. The van der Waals surface area contributed by atoms with Gasteiger partial charge in [0.25, 0.3) is 5.69 Å². The van der Waals surface area contributed by atoms with E-state index in [2.05, 4.69) is 10.6 Å². The first kappa shape index (κ1) is 20.1. The highest BCUT2D eigenvalue weighted by atomic mass is 16.6. The molecule has 0 heterocycles. The molecule has 0 fully saturated rings. The van der Waals surface area contributed by atoms with Crippen LogP contribution in [0.1, 0.15) is 19.4 Å². The van der Waals surface area contributed by atoms with E-state index in [1.54, 1.807) is 36.4 Å². The molecule has 2 N–H and O–H groups in total. The summed E-state index contributed by atoms with van der Waals surface area (Å²) in [6.45, 7) is 4.57. The topological polar surface area (TPSA) is 105 Å². The van der Waals surface area contributed by atoms with Gasteiger partial charge in [0, 0.05) is 37.0 Å². The molecule has 0 aliphatic carbocycles. The van der Waals surface area contributed by atoms with Crippen molar-refractivity contribution in [1.29, 1.82) is 0 Å². The van der Waals surface area contributed by atoms with Crippen LogP contribution >= 0.6 is 0 Å². The molecule has 8 heteroatoms. The smallest absolute Gasteiger partial charge is 0.269 e. The van der Waals surface area contributed by atoms with Gasteiger partial charge in [-0.25, -0.2) is 0 Å². The van der Waals surface area contributed by atoms with Gasteiger partial charge in [0.1, 0.15) is 0 Å². The second-order valence-corrected chi connectivity index (χ2v) is 6.04. The minimum atomic E-state index is -0.433. The molecule has 0 spiro atoms. The van der Waals surface area contributed by atoms with E-state index in [9.17, 15) is 19.7 Å². The summed E-state index contributed by atoms with van der Waals surface area (Å²) in [5.41, 5.74) is 2.09. The molecule has 8 nitrogen and oxygen atoms in total. The van der Waals surface area contributed by atoms with E-state index in [0.717, 1.165) is 5.56 Å². The van der Waals surface area contributed by atoms with Gasteiger partial charge in [0.15, 0.2) is 0 Å². The van der Waals surface area contributed by atoms with Crippen LogP contribution in [0.3, 0.4) is 0 Å². The van der Waals surface area contributed by atoms with Crippen molar-refractivity contribution in [1.82, 2.24) is 4.90 Å². The molecular formula is C19H22N4O4. The number of non-ortho nitro benzene ring substituents is 1. The fourth-order valence-corrected chi connectivity index (χ4v) is 2.55. The van der Waals surface area contributed by atoms with Gasteiger partial charge in [-0.2, -0.15) is 0 Å². The fourth-order valence-electron chi connectivity index (χ4n) is 2.55. The summed E-state index contributed by atoms with van der Waals surface area (Å²) >= 11 is 0. The van der Waals surface area contributed by atoms with E-state index in [0.29, 0.717) is 24.5 Å². The highest BCUT2D eigenvalue weighted by Gasteiger charge is 2.12. The third-order valence-electron chi connectivity index (χ3n) is 3.83. The van der Waals surface area contributed by atoms with Gasteiger partial charge in [-0.3, -0.25) is 24.6 Å². The number of hydrogen-bond acceptors (Lipinski definition) is 5. The van der Waals surface area contributed by atoms with Gasteiger partial charge in [0.2, 0.25) is 11.8 Å². The van der Waals surface area contributed by atoms with Crippen LogP contribution < -0.4 is 10.6 Å². The molecule has 0 saturated heterocycles. The van der Waals surface area contributed by atoms with Crippen LogP contribution in [0.15, 0.2) is 48.5 Å². The molecule has 0 aliphatic heterocycles. The predicted octanol–water partition coefficient (Wildman–Crippen LogP) is 3.01. The monoisotopic (exact) mass is 370 g/mol. The standard InChI is InChI=1S/C19H22N4O4/c1-3-22(12-15-5-4-6-18(11-15)23(26)27)13-19(25)21-17-9-7-16(8-10-17)20-14(2)24/h4-11H,3,12-13H2,1-2H3,(H,20,24)(H,21,25). The van der Waals surface area contributed by atoms with Crippen molar-refractivity contribution in [3.8, 4) is 0 Å². The second kappa shape index (κ2) is 9.44. The van der Waals surface area contributed by atoms with E-state index in [4.69, 9.17) is 0 Å². The molecular weight excluding hydrogens is 348 g/mol. The Hall–Kier alpha value is -3.26. The van der Waals surface area contributed by atoms with Crippen LogP contribution in [0.2, 0.25) is 0 Å². The number of benzene rings is 2. The molecule has 2 rings (SSSR count). The lowest BCUT2D eigenvalue weighted by atomic mass is 10.2. The largest absolute Gasteiger partial charge is 0.326 e. The Morgan fingerprint density at radius 3 is 2.26 bits per heavy atom. The van der Waals surface area contributed by atoms with Crippen LogP contribution in [0.5, 0.6) is 0 Å². The molecule has 0 aliphatic rings. The zero-order valence-electron chi connectivity index (χ0n) is 15.3. The number of nitro groups is 1. The molecule has 0 aromatic heterocycles. The average Bonchev–Trinajstić information content (AvgIpc) is 2.62. The van der Waals surface area contributed by atoms with Crippen LogP contribution in [-0.2, 0) is 16.1 Å². The maximum atomic E-state index is 12.3. The zero-order valence-corrected chi connectivity index (χ0v) is 15.3. The van der Waals surface area contributed by atoms with Gasteiger partial charge < -0.3 is 10.6 Å². The van der Waals surface area contributed by atoms with E-state index in [-0.39, 0.29) is 24.0 Å². The Morgan fingerprint density at radius 2 is 1.70 bits per heavy atom. The number of amides is 2. The van der Waals surface area contributed by atoms with Crippen molar-refractivity contribution in [3.05, 3.63) is 64.2 Å². The number of rotatable bonds is 8. The number of nitrogens with one attached hydrogen (secondary N) is 2. The lowest BCUT2D eigenvalue weighted by Crippen LogP contribution is -2.32. The van der Waals surface area contributed by atoms with Crippen LogP contribution in [0, 0.1) is 10.1 Å². The molecule has 2 aromatic carbocycles. The normalized spacial score (nSPS) is 10.5. The number of likely N-dealkylation sites (N-methyl/N-ethyl adjacent to an activating group) is 1. The lowest BCUT2D eigenvalue weighted by Gasteiger charge is -2.20. The van der Waals surface area contributed by atoms with Gasteiger partial charge in [-0.15, -0.1) is 0 Å². The Kier molecular flexibility index (Phi) is 7.01. The van der Waals surface area contributed by atoms with Crippen LogP contribution in [-0.4, -0.2) is 34.7 Å². The van der Waals surface area contributed by atoms with Crippen molar-refractivity contribution < 1.29 is 14.5 Å².